The topological polar surface area (TPSA) is 98.2 Å². The third-order valence-corrected chi connectivity index (χ3v) is 4.23. The summed E-state index contributed by atoms with van der Waals surface area (Å²) < 4.78 is 72.4. The number of hydrogen-bond acceptors (Lipinski definition) is 6. The molecule has 1 aromatic carbocycles. The lowest BCUT2D eigenvalue weighted by molar-refractivity contribution is -0.159. The average Bonchev–Trinajstić information content (AvgIpc) is 3.19. The molecule has 0 spiro atoms. The lowest BCUT2D eigenvalue weighted by Gasteiger charge is -2.06. The monoisotopic (exact) mass is 359 g/mol. The molecule has 1 N–H and O–H groups in total. The standard InChI is InChI=1S/C13H8F3N3O4S/c14-13(15,16)12-17-11(18-23-12)8-1-3-9(4-2-8)19-24(20,21)10-5-6-22-7-10/h1-7,19H. The molecule has 11 heteroatoms. The van der Waals surface area contributed by atoms with Crippen molar-refractivity contribution in [2.45, 2.75) is 11.1 Å². The number of anilines is 1. The predicted octanol–water partition coefficient (Wildman–Crippen LogP) is 3.15. The van der Waals surface area contributed by atoms with Crippen LogP contribution in [0.15, 0.2) is 56.7 Å². The van der Waals surface area contributed by atoms with Crippen LogP contribution in [0, 0.1) is 0 Å². The summed E-state index contributed by atoms with van der Waals surface area (Å²) in [6.45, 7) is 0. The van der Waals surface area contributed by atoms with Gasteiger partial charge in [0.05, 0.1) is 6.26 Å². The molecule has 0 aliphatic rings. The second-order valence-corrected chi connectivity index (χ2v) is 6.25. The minimum absolute atomic E-state index is 0.0560. The fourth-order valence-corrected chi connectivity index (χ4v) is 2.74. The zero-order valence-electron chi connectivity index (χ0n) is 11.6. The number of nitrogens with one attached hydrogen (secondary N) is 1. The number of rotatable bonds is 4. The summed E-state index contributed by atoms with van der Waals surface area (Å²) in [4.78, 5) is 3.19. The van der Waals surface area contributed by atoms with Crippen molar-refractivity contribution < 1.29 is 30.5 Å². The van der Waals surface area contributed by atoms with Gasteiger partial charge in [0.25, 0.3) is 10.0 Å². The molecular formula is C13H8F3N3O4S. The highest BCUT2D eigenvalue weighted by atomic mass is 32.2. The molecule has 0 aliphatic carbocycles. The maximum Gasteiger partial charge on any atom is 0.471 e. The number of benzene rings is 1. The summed E-state index contributed by atoms with van der Waals surface area (Å²) in [5.74, 6) is -1.71. The lowest BCUT2D eigenvalue weighted by atomic mass is 10.2. The molecule has 0 bridgehead atoms. The largest absolute Gasteiger partial charge is 0.471 e. The van der Waals surface area contributed by atoms with Crippen LogP contribution in [0.3, 0.4) is 0 Å². The Morgan fingerprint density at radius 1 is 1.08 bits per heavy atom. The lowest BCUT2D eigenvalue weighted by Crippen LogP contribution is -2.11. The predicted molar refractivity (Wildman–Crippen MR) is 74.3 cm³/mol. The molecule has 0 aliphatic heterocycles. The third kappa shape index (κ3) is 3.25. The van der Waals surface area contributed by atoms with Gasteiger partial charge in [-0.25, -0.2) is 8.42 Å². The van der Waals surface area contributed by atoms with Crippen molar-refractivity contribution >= 4 is 15.7 Å². The van der Waals surface area contributed by atoms with E-state index in [9.17, 15) is 21.6 Å². The van der Waals surface area contributed by atoms with E-state index >= 15 is 0 Å². The van der Waals surface area contributed by atoms with E-state index in [-0.39, 0.29) is 22.0 Å². The molecule has 0 saturated heterocycles. The molecule has 24 heavy (non-hydrogen) atoms. The summed E-state index contributed by atoms with van der Waals surface area (Å²) in [7, 11) is -3.81. The van der Waals surface area contributed by atoms with Gasteiger partial charge in [0.1, 0.15) is 11.2 Å². The second-order valence-electron chi connectivity index (χ2n) is 4.56. The number of furan rings is 1. The van der Waals surface area contributed by atoms with Crippen LogP contribution < -0.4 is 4.72 Å². The van der Waals surface area contributed by atoms with E-state index in [1.807, 2.05) is 0 Å². The Balaban J connectivity index is 1.80. The van der Waals surface area contributed by atoms with Crippen LogP contribution in [0.4, 0.5) is 18.9 Å². The molecule has 0 fully saturated rings. The first kappa shape index (κ1) is 16.1. The second kappa shape index (κ2) is 5.67. The average molecular weight is 359 g/mol. The number of aromatic nitrogens is 2. The molecule has 3 aromatic rings. The molecule has 2 heterocycles. The Bertz CT molecular complexity index is 932. The summed E-state index contributed by atoms with van der Waals surface area (Å²) in [5.41, 5.74) is 0.444. The maximum atomic E-state index is 12.4. The summed E-state index contributed by atoms with van der Waals surface area (Å²) >= 11 is 0. The van der Waals surface area contributed by atoms with Gasteiger partial charge in [0.2, 0.25) is 5.82 Å². The van der Waals surface area contributed by atoms with Crippen LogP contribution in [-0.2, 0) is 16.2 Å². The zero-order chi connectivity index (χ0) is 17.4. The third-order valence-electron chi connectivity index (χ3n) is 2.87. The molecule has 3 rings (SSSR count). The number of halogens is 3. The molecule has 126 valence electrons. The zero-order valence-corrected chi connectivity index (χ0v) is 12.4. The van der Waals surface area contributed by atoms with Gasteiger partial charge in [0.15, 0.2) is 0 Å². The quantitative estimate of drug-likeness (QED) is 0.768. The molecule has 0 unspecified atom stereocenters. The van der Waals surface area contributed by atoms with E-state index in [1.165, 1.54) is 36.6 Å². The van der Waals surface area contributed by atoms with Gasteiger partial charge in [-0.15, -0.1) is 0 Å². The Labute approximate surface area is 133 Å². The van der Waals surface area contributed by atoms with Crippen LogP contribution in [0.5, 0.6) is 0 Å². The van der Waals surface area contributed by atoms with Gasteiger partial charge < -0.3 is 8.94 Å². The van der Waals surface area contributed by atoms with E-state index in [2.05, 4.69) is 19.4 Å². The molecular weight excluding hydrogens is 351 g/mol. The van der Waals surface area contributed by atoms with E-state index < -0.39 is 22.1 Å². The van der Waals surface area contributed by atoms with Crippen molar-refractivity contribution in [3.05, 3.63) is 48.7 Å². The molecule has 0 atom stereocenters. The Morgan fingerprint density at radius 2 is 1.79 bits per heavy atom. The van der Waals surface area contributed by atoms with Gasteiger partial charge in [0, 0.05) is 11.3 Å². The number of nitrogens with zero attached hydrogens (tertiary/aromatic N) is 2. The van der Waals surface area contributed by atoms with Gasteiger partial charge in [-0.2, -0.15) is 18.2 Å². The molecule has 2 aromatic heterocycles. The van der Waals surface area contributed by atoms with Crippen molar-refractivity contribution in [3.8, 4) is 11.4 Å². The van der Waals surface area contributed by atoms with Gasteiger partial charge in [-0.1, -0.05) is 5.16 Å². The summed E-state index contributed by atoms with van der Waals surface area (Å²) in [6, 6.07) is 6.71. The molecule has 7 nitrogen and oxygen atoms in total. The normalized spacial score (nSPS) is 12.3. The van der Waals surface area contributed by atoms with Crippen LogP contribution in [0.1, 0.15) is 5.89 Å². The Morgan fingerprint density at radius 3 is 2.33 bits per heavy atom. The fraction of sp³-hybridized carbons (Fsp3) is 0.0769. The van der Waals surface area contributed by atoms with Gasteiger partial charge >= 0.3 is 12.1 Å². The molecule has 0 amide bonds. The minimum atomic E-state index is -4.73. The number of hydrogen-bond donors (Lipinski definition) is 1. The maximum absolute atomic E-state index is 12.4. The highest BCUT2D eigenvalue weighted by Gasteiger charge is 2.38. The first-order chi connectivity index (χ1) is 11.3. The van der Waals surface area contributed by atoms with Crippen molar-refractivity contribution in [2.75, 3.05) is 4.72 Å². The first-order valence-electron chi connectivity index (χ1n) is 6.32. The molecule has 0 saturated carbocycles. The van der Waals surface area contributed by atoms with Crippen molar-refractivity contribution in [2.24, 2.45) is 0 Å². The van der Waals surface area contributed by atoms with Crippen molar-refractivity contribution in [3.63, 3.8) is 0 Å². The smallest absolute Gasteiger partial charge is 0.471 e. The van der Waals surface area contributed by atoms with Crippen LogP contribution in [0.25, 0.3) is 11.4 Å². The first-order valence-corrected chi connectivity index (χ1v) is 7.80. The number of sulfonamides is 1. The van der Waals surface area contributed by atoms with Gasteiger partial charge in [-0.05, 0) is 30.3 Å². The van der Waals surface area contributed by atoms with Gasteiger partial charge in [-0.3, -0.25) is 4.72 Å². The Hall–Kier alpha value is -2.82. The van der Waals surface area contributed by atoms with E-state index in [0.29, 0.717) is 0 Å². The van der Waals surface area contributed by atoms with E-state index in [0.717, 1.165) is 6.26 Å². The van der Waals surface area contributed by atoms with E-state index in [4.69, 9.17) is 4.42 Å². The summed E-state index contributed by atoms with van der Waals surface area (Å²) in [6.07, 6.45) is -2.45. The van der Waals surface area contributed by atoms with E-state index in [1.54, 1.807) is 0 Å². The van der Waals surface area contributed by atoms with Crippen LogP contribution in [-0.4, -0.2) is 18.6 Å². The van der Waals surface area contributed by atoms with Crippen molar-refractivity contribution in [1.82, 2.24) is 10.1 Å². The SMILES string of the molecule is O=S(=O)(Nc1ccc(-c2noc(C(F)(F)F)n2)cc1)c1ccoc1. The number of alkyl halides is 3. The fourth-order valence-electron chi connectivity index (χ4n) is 1.76. The molecule has 0 radical (unpaired) electrons. The minimum Gasteiger partial charge on any atom is -0.471 e. The summed E-state index contributed by atoms with van der Waals surface area (Å²) in [5, 5.41) is 3.24. The highest BCUT2D eigenvalue weighted by molar-refractivity contribution is 7.92. The highest BCUT2D eigenvalue weighted by Crippen LogP contribution is 2.29. The van der Waals surface area contributed by atoms with Crippen LogP contribution in [0.2, 0.25) is 0 Å². The van der Waals surface area contributed by atoms with Crippen molar-refractivity contribution in [1.29, 1.82) is 0 Å². The van der Waals surface area contributed by atoms with Crippen LogP contribution >= 0.6 is 0 Å². The Kier molecular flexibility index (Phi) is 3.79.